The van der Waals surface area contributed by atoms with E-state index in [-0.39, 0.29) is 0 Å². The molecule has 0 nitrogen and oxygen atoms in total. The number of hydrogen-bond donors (Lipinski definition) is 0. The highest BCUT2D eigenvalue weighted by Gasteiger charge is 1.86. The molecule has 0 spiro atoms. The van der Waals surface area contributed by atoms with Crippen molar-refractivity contribution in [3.63, 3.8) is 0 Å². The van der Waals surface area contributed by atoms with Gasteiger partial charge >= 0.3 is 0 Å². The summed E-state index contributed by atoms with van der Waals surface area (Å²) in [5, 5.41) is 0. The van der Waals surface area contributed by atoms with Gasteiger partial charge in [-0.05, 0) is 19.3 Å². The molecule has 0 aromatic heterocycles. The highest BCUT2D eigenvalue weighted by molar-refractivity contribution is 4.97. The molecule has 64 valence electrons. The van der Waals surface area contributed by atoms with Crippen LogP contribution in [0.3, 0.4) is 0 Å². The third kappa shape index (κ3) is 7.38. The van der Waals surface area contributed by atoms with Crippen LogP contribution in [0.2, 0.25) is 0 Å². The van der Waals surface area contributed by atoms with E-state index in [1.54, 1.807) is 0 Å². The number of unbranched alkanes of at least 4 members (excludes halogenated alkanes) is 2. The minimum atomic E-state index is 0.608. The molecule has 0 amide bonds. The summed E-state index contributed by atoms with van der Waals surface area (Å²) in [5.74, 6) is 0.608. The third-order valence-electron chi connectivity index (χ3n) is 1.66. The Balaban J connectivity index is 3.40. The molecule has 0 aliphatic carbocycles. The zero-order valence-corrected chi connectivity index (χ0v) is 8.01. The molecular weight excluding hydrogens is 132 g/mol. The molecule has 1 unspecified atom stereocenters. The Hall–Kier alpha value is -0.520. The van der Waals surface area contributed by atoms with Crippen molar-refractivity contribution in [3.8, 4) is 0 Å². The molecule has 0 aromatic rings. The fourth-order valence-electron chi connectivity index (χ4n) is 1.00. The average Bonchev–Trinajstić information content (AvgIpc) is 1.99. The van der Waals surface area contributed by atoms with Crippen LogP contribution in [0.1, 0.15) is 40.0 Å². The summed E-state index contributed by atoms with van der Waals surface area (Å²) < 4.78 is 0. The van der Waals surface area contributed by atoms with Crippen LogP contribution in [-0.4, -0.2) is 0 Å². The molecule has 0 heterocycles. The van der Waals surface area contributed by atoms with Crippen molar-refractivity contribution in [2.24, 2.45) is 5.92 Å². The summed E-state index contributed by atoms with van der Waals surface area (Å²) in [7, 11) is 0. The first kappa shape index (κ1) is 10.5. The number of rotatable bonds is 5. The van der Waals surface area contributed by atoms with Crippen molar-refractivity contribution in [2.45, 2.75) is 40.0 Å². The standard InChI is InChI=1S/C11H20/c1-4-6-7-8-10-11(3)9-5-2/h5,8-11H,4,6-7H2,1-3H3. The van der Waals surface area contributed by atoms with Crippen LogP contribution in [0.4, 0.5) is 0 Å². The molecule has 0 saturated carbocycles. The smallest absolute Gasteiger partial charge is 0.00820 e. The summed E-state index contributed by atoms with van der Waals surface area (Å²) in [4.78, 5) is 0. The van der Waals surface area contributed by atoms with E-state index in [0.29, 0.717) is 5.92 Å². The van der Waals surface area contributed by atoms with Crippen LogP contribution in [0.5, 0.6) is 0 Å². The molecular formula is C11H20. The van der Waals surface area contributed by atoms with Gasteiger partial charge in [-0.15, -0.1) is 0 Å². The van der Waals surface area contributed by atoms with Crippen molar-refractivity contribution in [3.05, 3.63) is 24.3 Å². The van der Waals surface area contributed by atoms with E-state index < -0.39 is 0 Å². The Labute approximate surface area is 71.0 Å². The maximum Gasteiger partial charge on any atom is -0.00820 e. The SMILES string of the molecule is CC=CC(C)C=CCCCC. The van der Waals surface area contributed by atoms with Crippen molar-refractivity contribution >= 4 is 0 Å². The van der Waals surface area contributed by atoms with Gasteiger partial charge in [-0.2, -0.15) is 0 Å². The monoisotopic (exact) mass is 152 g/mol. The molecule has 0 saturated heterocycles. The Bertz CT molecular complexity index is 120. The van der Waals surface area contributed by atoms with Crippen molar-refractivity contribution in [1.29, 1.82) is 0 Å². The molecule has 0 rings (SSSR count). The van der Waals surface area contributed by atoms with Gasteiger partial charge in [0.25, 0.3) is 0 Å². The van der Waals surface area contributed by atoms with Gasteiger partial charge in [0.1, 0.15) is 0 Å². The first-order valence-electron chi connectivity index (χ1n) is 4.60. The largest absolute Gasteiger partial charge is 0.0911 e. The molecule has 0 N–H and O–H groups in total. The van der Waals surface area contributed by atoms with E-state index in [2.05, 4.69) is 45.1 Å². The van der Waals surface area contributed by atoms with E-state index in [1.807, 2.05) is 0 Å². The number of allylic oxidation sites excluding steroid dienone is 4. The minimum absolute atomic E-state index is 0.608. The van der Waals surface area contributed by atoms with E-state index in [4.69, 9.17) is 0 Å². The van der Waals surface area contributed by atoms with Gasteiger partial charge in [0, 0.05) is 0 Å². The summed E-state index contributed by atoms with van der Waals surface area (Å²) >= 11 is 0. The fourth-order valence-corrected chi connectivity index (χ4v) is 1.00. The minimum Gasteiger partial charge on any atom is -0.0911 e. The topological polar surface area (TPSA) is 0 Å². The summed E-state index contributed by atoms with van der Waals surface area (Å²) in [6.45, 7) is 6.50. The molecule has 0 aliphatic heterocycles. The predicted octanol–water partition coefficient (Wildman–Crippen LogP) is 3.95. The quantitative estimate of drug-likeness (QED) is 0.413. The first-order chi connectivity index (χ1) is 5.31. The normalized spacial score (nSPS) is 14.8. The maximum atomic E-state index is 2.29. The highest BCUT2D eigenvalue weighted by Crippen LogP contribution is 2.02. The van der Waals surface area contributed by atoms with E-state index in [0.717, 1.165) is 0 Å². The lowest BCUT2D eigenvalue weighted by Gasteiger charge is -1.95. The van der Waals surface area contributed by atoms with Gasteiger partial charge in [0.05, 0.1) is 0 Å². The first-order valence-corrected chi connectivity index (χ1v) is 4.60. The Kier molecular flexibility index (Phi) is 7.23. The molecule has 11 heavy (non-hydrogen) atoms. The Morgan fingerprint density at radius 3 is 2.55 bits per heavy atom. The van der Waals surface area contributed by atoms with Crippen molar-refractivity contribution in [1.82, 2.24) is 0 Å². The van der Waals surface area contributed by atoms with Crippen LogP contribution in [0.25, 0.3) is 0 Å². The lowest BCUT2D eigenvalue weighted by Crippen LogP contribution is -1.80. The fraction of sp³-hybridized carbons (Fsp3) is 0.636. The van der Waals surface area contributed by atoms with Crippen LogP contribution in [-0.2, 0) is 0 Å². The van der Waals surface area contributed by atoms with E-state index >= 15 is 0 Å². The second-order valence-electron chi connectivity index (χ2n) is 2.96. The third-order valence-corrected chi connectivity index (χ3v) is 1.66. The predicted molar refractivity (Wildman–Crippen MR) is 52.6 cm³/mol. The Morgan fingerprint density at radius 1 is 1.27 bits per heavy atom. The van der Waals surface area contributed by atoms with Crippen LogP contribution >= 0.6 is 0 Å². The molecule has 0 bridgehead atoms. The van der Waals surface area contributed by atoms with Crippen LogP contribution in [0, 0.1) is 5.92 Å². The lowest BCUT2D eigenvalue weighted by atomic mass is 10.1. The lowest BCUT2D eigenvalue weighted by molar-refractivity contribution is 0.806. The van der Waals surface area contributed by atoms with Crippen molar-refractivity contribution in [2.75, 3.05) is 0 Å². The van der Waals surface area contributed by atoms with Crippen LogP contribution < -0.4 is 0 Å². The van der Waals surface area contributed by atoms with Crippen molar-refractivity contribution < 1.29 is 0 Å². The van der Waals surface area contributed by atoms with Crippen LogP contribution in [0.15, 0.2) is 24.3 Å². The molecule has 1 atom stereocenters. The zero-order chi connectivity index (χ0) is 8.53. The van der Waals surface area contributed by atoms with Gasteiger partial charge in [-0.1, -0.05) is 51.0 Å². The molecule has 0 radical (unpaired) electrons. The summed E-state index contributed by atoms with van der Waals surface area (Å²) in [6.07, 6.45) is 12.7. The zero-order valence-electron chi connectivity index (χ0n) is 8.01. The van der Waals surface area contributed by atoms with Gasteiger partial charge in [-0.3, -0.25) is 0 Å². The summed E-state index contributed by atoms with van der Waals surface area (Å²) in [5.41, 5.74) is 0. The average molecular weight is 152 g/mol. The molecule has 0 heteroatoms. The van der Waals surface area contributed by atoms with Gasteiger partial charge < -0.3 is 0 Å². The second kappa shape index (κ2) is 7.59. The van der Waals surface area contributed by atoms with E-state index in [1.165, 1.54) is 19.3 Å². The maximum absolute atomic E-state index is 2.29. The van der Waals surface area contributed by atoms with Gasteiger partial charge in [-0.25, -0.2) is 0 Å². The van der Waals surface area contributed by atoms with Gasteiger partial charge in [0.15, 0.2) is 0 Å². The molecule has 0 aliphatic rings. The Morgan fingerprint density at radius 2 is 2.00 bits per heavy atom. The number of hydrogen-bond acceptors (Lipinski definition) is 0. The van der Waals surface area contributed by atoms with Gasteiger partial charge in [0.2, 0.25) is 0 Å². The summed E-state index contributed by atoms with van der Waals surface area (Å²) in [6, 6.07) is 0. The molecule has 0 aromatic carbocycles. The second-order valence-corrected chi connectivity index (χ2v) is 2.96. The molecule has 0 fully saturated rings. The van der Waals surface area contributed by atoms with E-state index in [9.17, 15) is 0 Å². The highest BCUT2D eigenvalue weighted by atomic mass is 13.9.